The van der Waals surface area contributed by atoms with Crippen LogP contribution in [-0.4, -0.2) is 12.9 Å². The number of carbonyl (C=O) groups excluding carboxylic acids is 1. The molecule has 0 spiro atoms. The molecule has 2 aromatic rings. The van der Waals surface area contributed by atoms with Crippen LogP contribution in [0.4, 0.5) is 13.2 Å². The molecule has 1 aromatic carbocycles. The van der Waals surface area contributed by atoms with Crippen molar-refractivity contribution in [3.05, 3.63) is 59.0 Å². The fraction of sp³-hybridized carbons (Fsp3) is 0.267. The number of methoxy groups -OCH3 is 1. The molecule has 1 heterocycles. The molecule has 0 bridgehead atoms. The van der Waals surface area contributed by atoms with Gasteiger partial charge in [0.05, 0.1) is 5.56 Å². The van der Waals surface area contributed by atoms with Crippen molar-refractivity contribution in [2.24, 2.45) is 0 Å². The summed E-state index contributed by atoms with van der Waals surface area (Å²) in [4.78, 5) is 12.0. The first-order valence-corrected chi connectivity index (χ1v) is 6.17. The Bertz CT molecular complexity index is 612. The highest BCUT2D eigenvalue weighted by Gasteiger charge is 2.30. The standard InChI is InChI=1S/C15H13F3O3/c1-20-9-12-6-7-14(21-12)13(19)8-10-2-4-11(5-3-10)15(16,17)18/h2-7H,8-9H2,1H3. The summed E-state index contributed by atoms with van der Waals surface area (Å²) < 4.78 is 47.4. The molecular weight excluding hydrogens is 285 g/mol. The maximum Gasteiger partial charge on any atom is 0.416 e. The van der Waals surface area contributed by atoms with Crippen molar-refractivity contribution in [3.8, 4) is 0 Å². The van der Waals surface area contributed by atoms with Crippen molar-refractivity contribution >= 4 is 5.78 Å². The summed E-state index contributed by atoms with van der Waals surface area (Å²) in [6.07, 6.45) is -4.39. The van der Waals surface area contributed by atoms with E-state index in [4.69, 9.17) is 9.15 Å². The average molecular weight is 298 g/mol. The molecule has 3 nitrogen and oxygen atoms in total. The second-order valence-corrected chi connectivity index (χ2v) is 4.49. The monoisotopic (exact) mass is 298 g/mol. The number of carbonyl (C=O) groups is 1. The van der Waals surface area contributed by atoms with Crippen LogP contribution in [0, 0.1) is 0 Å². The van der Waals surface area contributed by atoms with Gasteiger partial charge in [-0.2, -0.15) is 13.2 Å². The predicted octanol–water partition coefficient (Wildman–Crippen LogP) is 3.87. The third kappa shape index (κ3) is 3.95. The fourth-order valence-corrected chi connectivity index (χ4v) is 1.83. The smallest absolute Gasteiger partial charge is 0.416 e. The van der Waals surface area contributed by atoms with E-state index in [2.05, 4.69) is 0 Å². The number of benzene rings is 1. The molecule has 21 heavy (non-hydrogen) atoms. The SMILES string of the molecule is COCc1ccc(C(=O)Cc2ccc(C(F)(F)F)cc2)o1. The summed E-state index contributed by atoms with van der Waals surface area (Å²) in [5, 5.41) is 0. The van der Waals surface area contributed by atoms with Gasteiger partial charge in [-0.25, -0.2) is 0 Å². The van der Waals surface area contributed by atoms with Gasteiger partial charge >= 0.3 is 6.18 Å². The van der Waals surface area contributed by atoms with Gasteiger partial charge in [-0.15, -0.1) is 0 Å². The topological polar surface area (TPSA) is 39.4 Å². The highest BCUT2D eigenvalue weighted by molar-refractivity contribution is 5.95. The van der Waals surface area contributed by atoms with Gasteiger partial charge in [-0.3, -0.25) is 4.79 Å². The fourth-order valence-electron chi connectivity index (χ4n) is 1.83. The molecule has 0 radical (unpaired) electrons. The van der Waals surface area contributed by atoms with Crippen LogP contribution in [-0.2, 0) is 23.9 Å². The highest BCUT2D eigenvalue weighted by atomic mass is 19.4. The molecule has 0 fully saturated rings. The number of ether oxygens (including phenoxy) is 1. The van der Waals surface area contributed by atoms with Crippen molar-refractivity contribution in [1.82, 2.24) is 0 Å². The van der Waals surface area contributed by atoms with Crippen LogP contribution < -0.4 is 0 Å². The number of hydrogen-bond donors (Lipinski definition) is 0. The summed E-state index contributed by atoms with van der Waals surface area (Å²) in [7, 11) is 1.51. The summed E-state index contributed by atoms with van der Waals surface area (Å²) in [6, 6.07) is 7.66. The van der Waals surface area contributed by atoms with Crippen molar-refractivity contribution in [2.75, 3.05) is 7.11 Å². The Labute approximate surface area is 119 Å². The van der Waals surface area contributed by atoms with Crippen molar-refractivity contribution in [2.45, 2.75) is 19.2 Å². The number of halogens is 3. The van der Waals surface area contributed by atoms with Crippen molar-refractivity contribution < 1.29 is 27.1 Å². The number of alkyl halides is 3. The average Bonchev–Trinajstić information content (AvgIpc) is 2.87. The van der Waals surface area contributed by atoms with Crippen LogP contribution in [0.5, 0.6) is 0 Å². The van der Waals surface area contributed by atoms with Crippen LogP contribution in [0.1, 0.15) is 27.4 Å². The van der Waals surface area contributed by atoms with Crippen LogP contribution in [0.2, 0.25) is 0 Å². The summed E-state index contributed by atoms with van der Waals surface area (Å²) in [5.41, 5.74) is -0.239. The zero-order valence-electron chi connectivity index (χ0n) is 11.2. The Morgan fingerprint density at radius 3 is 2.38 bits per heavy atom. The van der Waals surface area contributed by atoms with Gasteiger partial charge in [0.1, 0.15) is 12.4 Å². The van der Waals surface area contributed by atoms with E-state index in [0.717, 1.165) is 12.1 Å². The molecular formula is C15H13F3O3. The molecule has 0 atom stereocenters. The molecule has 2 rings (SSSR count). The number of hydrogen-bond acceptors (Lipinski definition) is 3. The Morgan fingerprint density at radius 1 is 1.14 bits per heavy atom. The van der Waals surface area contributed by atoms with Gasteiger partial charge in [0.15, 0.2) is 5.76 Å². The molecule has 0 unspecified atom stereocenters. The molecule has 0 saturated heterocycles. The first kappa shape index (κ1) is 15.3. The van der Waals surface area contributed by atoms with E-state index in [-0.39, 0.29) is 24.6 Å². The largest absolute Gasteiger partial charge is 0.456 e. The van der Waals surface area contributed by atoms with E-state index < -0.39 is 11.7 Å². The number of Topliss-reactive ketones (excluding diaryl/α,β-unsaturated/α-hetero) is 1. The first-order chi connectivity index (χ1) is 9.90. The quantitative estimate of drug-likeness (QED) is 0.787. The lowest BCUT2D eigenvalue weighted by Gasteiger charge is -2.07. The molecule has 0 N–H and O–H groups in total. The maximum atomic E-state index is 12.4. The molecule has 6 heteroatoms. The highest BCUT2D eigenvalue weighted by Crippen LogP contribution is 2.29. The van der Waals surface area contributed by atoms with E-state index in [1.54, 1.807) is 6.07 Å². The van der Waals surface area contributed by atoms with Crippen LogP contribution in [0.3, 0.4) is 0 Å². The number of ketones is 1. The minimum atomic E-state index is -4.38. The lowest BCUT2D eigenvalue weighted by atomic mass is 10.1. The van der Waals surface area contributed by atoms with Gasteiger partial charge in [-0.1, -0.05) is 12.1 Å². The van der Waals surface area contributed by atoms with Crippen molar-refractivity contribution in [3.63, 3.8) is 0 Å². The van der Waals surface area contributed by atoms with E-state index in [1.807, 2.05) is 0 Å². The number of furan rings is 1. The zero-order chi connectivity index (χ0) is 15.5. The third-order valence-corrected chi connectivity index (χ3v) is 2.87. The first-order valence-electron chi connectivity index (χ1n) is 6.17. The Hall–Kier alpha value is -2.08. The molecule has 0 aliphatic rings. The Morgan fingerprint density at radius 2 is 1.81 bits per heavy atom. The van der Waals surface area contributed by atoms with Gasteiger partial charge in [0, 0.05) is 13.5 Å². The third-order valence-electron chi connectivity index (χ3n) is 2.87. The normalized spacial score (nSPS) is 11.6. The lowest BCUT2D eigenvalue weighted by Crippen LogP contribution is -2.06. The lowest BCUT2D eigenvalue weighted by molar-refractivity contribution is -0.137. The summed E-state index contributed by atoms with van der Waals surface area (Å²) >= 11 is 0. The molecule has 0 aliphatic carbocycles. The van der Waals surface area contributed by atoms with Gasteiger partial charge in [0.2, 0.25) is 5.78 Å². The number of rotatable bonds is 5. The second-order valence-electron chi connectivity index (χ2n) is 4.49. The molecule has 0 amide bonds. The van der Waals surface area contributed by atoms with Crippen LogP contribution in [0.25, 0.3) is 0 Å². The molecule has 0 aliphatic heterocycles. The van der Waals surface area contributed by atoms with Crippen molar-refractivity contribution in [1.29, 1.82) is 0 Å². The zero-order valence-corrected chi connectivity index (χ0v) is 11.2. The summed E-state index contributed by atoms with van der Waals surface area (Å²) in [6.45, 7) is 0.257. The molecule has 1 aromatic heterocycles. The summed E-state index contributed by atoms with van der Waals surface area (Å²) in [5.74, 6) is 0.396. The Balaban J connectivity index is 2.05. The minimum absolute atomic E-state index is 0.0158. The van der Waals surface area contributed by atoms with E-state index in [0.29, 0.717) is 11.3 Å². The molecule has 0 saturated carbocycles. The minimum Gasteiger partial charge on any atom is -0.456 e. The Kier molecular flexibility index (Phi) is 4.47. The van der Waals surface area contributed by atoms with E-state index in [9.17, 15) is 18.0 Å². The maximum absolute atomic E-state index is 12.4. The van der Waals surface area contributed by atoms with Gasteiger partial charge < -0.3 is 9.15 Å². The second kappa shape index (κ2) is 6.13. The van der Waals surface area contributed by atoms with Crippen LogP contribution in [0.15, 0.2) is 40.8 Å². The van der Waals surface area contributed by atoms with Gasteiger partial charge in [0.25, 0.3) is 0 Å². The van der Waals surface area contributed by atoms with E-state index in [1.165, 1.54) is 25.3 Å². The van der Waals surface area contributed by atoms with Gasteiger partial charge in [-0.05, 0) is 29.8 Å². The molecule has 112 valence electrons. The predicted molar refractivity (Wildman–Crippen MR) is 68.9 cm³/mol. The van der Waals surface area contributed by atoms with Crippen LogP contribution >= 0.6 is 0 Å². The van der Waals surface area contributed by atoms with E-state index >= 15 is 0 Å².